The van der Waals surface area contributed by atoms with Crippen molar-refractivity contribution in [2.45, 2.75) is 26.9 Å². The molecule has 1 N–H and O–H groups in total. The van der Waals surface area contributed by atoms with Crippen molar-refractivity contribution in [3.05, 3.63) is 29.8 Å². The first-order chi connectivity index (χ1) is 8.67. The summed E-state index contributed by atoms with van der Waals surface area (Å²) in [6.07, 6.45) is 1.50. The first kappa shape index (κ1) is 13.0. The first-order valence-electron chi connectivity index (χ1n) is 6.57. The van der Waals surface area contributed by atoms with Crippen molar-refractivity contribution in [3.63, 3.8) is 0 Å². The van der Waals surface area contributed by atoms with Gasteiger partial charge in [-0.25, -0.2) is 0 Å². The fraction of sp³-hybridized carbons (Fsp3) is 0.467. The lowest BCUT2D eigenvalue weighted by molar-refractivity contribution is 0.249. The highest BCUT2D eigenvalue weighted by molar-refractivity contribution is 5.76. The Morgan fingerprint density at radius 2 is 2.06 bits per heavy atom. The molecule has 1 aliphatic heterocycles. The Morgan fingerprint density at radius 3 is 2.67 bits per heavy atom. The molecular weight excluding hydrogens is 226 g/mol. The molecule has 0 saturated heterocycles. The SMILES string of the molecule is CCN(CC)c1ccc2c(c1)OCC=C2C(C)O. The Hall–Kier alpha value is -1.48. The molecule has 3 nitrogen and oxygen atoms in total. The molecule has 1 aromatic rings. The number of benzene rings is 1. The summed E-state index contributed by atoms with van der Waals surface area (Å²) in [5.74, 6) is 0.873. The van der Waals surface area contributed by atoms with Crippen LogP contribution in [0.2, 0.25) is 0 Å². The summed E-state index contributed by atoms with van der Waals surface area (Å²) in [7, 11) is 0. The van der Waals surface area contributed by atoms with E-state index in [2.05, 4.69) is 30.9 Å². The molecule has 1 heterocycles. The van der Waals surface area contributed by atoms with E-state index in [4.69, 9.17) is 4.74 Å². The van der Waals surface area contributed by atoms with Gasteiger partial charge in [-0.2, -0.15) is 0 Å². The molecule has 0 saturated carbocycles. The molecule has 1 atom stereocenters. The van der Waals surface area contributed by atoms with Gasteiger partial charge in [0.05, 0.1) is 6.10 Å². The molecule has 0 bridgehead atoms. The predicted molar refractivity (Wildman–Crippen MR) is 75.2 cm³/mol. The Balaban J connectivity index is 2.37. The highest BCUT2D eigenvalue weighted by Gasteiger charge is 2.18. The van der Waals surface area contributed by atoms with Crippen LogP contribution in [0.25, 0.3) is 5.57 Å². The molecule has 0 aliphatic carbocycles. The Bertz CT molecular complexity index is 448. The van der Waals surface area contributed by atoms with Crippen LogP contribution in [0.1, 0.15) is 26.3 Å². The third-order valence-electron chi connectivity index (χ3n) is 3.40. The monoisotopic (exact) mass is 247 g/mol. The fourth-order valence-electron chi connectivity index (χ4n) is 2.38. The molecule has 0 fully saturated rings. The van der Waals surface area contributed by atoms with Crippen molar-refractivity contribution >= 4 is 11.3 Å². The zero-order valence-corrected chi connectivity index (χ0v) is 11.3. The number of anilines is 1. The number of ether oxygens (including phenoxy) is 1. The molecule has 98 valence electrons. The second kappa shape index (κ2) is 5.44. The second-order valence-electron chi connectivity index (χ2n) is 4.50. The Labute approximate surface area is 109 Å². The van der Waals surface area contributed by atoms with E-state index in [0.29, 0.717) is 6.61 Å². The van der Waals surface area contributed by atoms with Crippen LogP contribution in [0.5, 0.6) is 5.75 Å². The topological polar surface area (TPSA) is 32.7 Å². The smallest absolute Gasteiger partial charge is 0.129 e. The molecular formula is C15H21NO2. The van der Waals surface area contributed by atoms with Crippen LogP contribution < -0.4 is 9.64 Å². The molecule has 0 amide bonds. The van der Waals surface area contributed by atoms with Gasteiger partial charge < -0.3 is 14.7 Å². The van der Waals surface area contributed by atoms with Crippen molar-refractivity contribution in [1.29, 1.82) is 0 Å². The molecule has 0 radical (unpaired) electrons. The predicted octanol–water partition coefficient (Wildman–Crippen LogP) is 2.69. The van der Waals surface area contributed by atoms with E-state index in [1.165, 1.54) is 5.69 Å². The number of fused-ring (bicyclic) bond motifs is 1. The van der Waals surface area contributed by atoms with Gasteiger partial charge in [0.2, 0.25) is 0 Å². The number of nitrogens with zero attached hydrogens (tertiary/aromatic N) is 1. The average Bonchev–Trinajstić information content (AvgIpc) is 2.39. The lowest BCUT2D eigenvalue weighted by Gasteiger charge is -2.25. The third kappa shape index (κ3) is 2.36. The van der Waals surface area contributed by atoms with Crippen molar-refractivity contribution in [2.75, 3.05) is 24.6 Å². The van der Waals surface area contributed by atoms with E-state index < -0.39 is 6.10 Å². The van der Waals surface area contributed by atoms with Crippen LogP contribution in [-0.4, -0.2) is 30.9 Å². The van der Waals surface area contributed by atoms with Gasteiger partial charge in [-0.15, -0.1) is 0 Å². The quantitative estimate of drug-likeness (QED) is 0.888. The van der Waals surface area contributed by atoms with Crippen LogP contribution in [0.15, 0.2) is 24.3 Å². The summed E-state index contributed by atoms with van der Waals surface area (Å²) < 4.78 is 5.67. The average molecular weight is 247 g/mol. The molecule has 0 spiro atoms. The fourth-order valence-corrected chi connectivity index (χ4v) is 2.38. The second-order valence-corrected chi connectivity index (χ2v) is 4.50. The number of hydrogen-bond acceptors (Lipinski definition) is 3. The van der Waals surface area contributed by atoms with Crippen LogP contribution in [0, 0.1) is 0 Å². The van der Waals surface area contributed by atoms with Gasteiger partial charge in [-0.1, -0.05) is 0 Å². The minimum Gasteiger partial charge on any atom is -0.489 e. The zero-order chi connectivity index (χ0) is 13.1. The van der Waals surface area contributed by atoms with Crippen LogP contribution in [0.4, 0.5) is 5.69 Å². The van der Waals surface area contributed by atoms with Crippen molar-refractivity contribution in [3.8, 4) is 5.75 Å². The van der Waals surface area contributed by atoms with Crippen LogP contribution in [-0.2, 0) is 0 Å². The summed E-state index contributed by atoms with van der Waals surface area (Å²) in [6.45, 7) is 8.58. The summed E-state index contributed by atoms with van der Waals surface area (Å²) in [5, 5.41) is 9.76. The highest BCUT2D eigenvalue weighted by atomic mass is 16.5. The molecule has 1 aromatic carbocycles. The third-order valence-corrected chi connectivity index (χ3v) is 3.40. The Morgan fingerprint density at radius 1 is 1.33 bits per heavy atom. The molecule has 18 heavy (non-hydrogen) atoms. The van der Waals surface area contributed by atoms with E-state index in [-0.39, 0.29) is 0 Å². The molecule has 1 unspecified atom stereocenters. The van der Waals surface area contributed by atoms with E-state index in [9.17, 15) is 5.11 Å². The standard InChI is InChI=1S/C15H21NO2/c1-4-16(5-2)12-6-7-14-13(11(3)17)8-9-18-15(14)10-12/h6-8,10-11,17H,4-5,9H2,1-3H3. The van der Waals surface area contributed by atoms with Gasteiger partial charge in [0.25, 0.3) is 0 Å². The Kier molecular flexibility index (Phi) is 3.92. The van der Waals surface area contributed by atoms with E-state index >= 15 is 0 Å². The summed E-state index contributed by atoms with van der Waals surface area (Å²) in [4.78, 5) is 2.28. The van der Waals surface area contributed by atoms with Crippen molar-refractivity contribution in [1.82, 2.24) is 0 Å². The van der Waals surface area contributed by atoms with Gasteiger partial charge in [-0.3, -0.25) is 0 Å². The maximum Gasteiger partial charge on any atom is 0.129 e. The highest BCUT2D eigenvalue weighted by Crippen LogP contribution is 2.34. The summed E-state index contributed by atoms with van der Waals surface area (Å²) in [6, 6.07) is 6.20. The largest absolute Gasteiger partial charge is 0.489 e. The number of aliphatic hydroxyl groups is 1. The molecule has 1 aliphatic rings. The van der Waals surface area contributed by atoms with Gasteiger partial charge >= 0.3 is 0 Å². The lowest BCUT2D eigenvalue weighted by Crippen LogP contribution is -2.22. The number of aliphatic hydroxyl groups excluding tert-OH is 1. The molecule has 3 heteroatoms. The van der Waals surface area contributed by atoms with E-state index in [0.717, 1.165) is 30.0 Å². The van der Waals surface area contributed by atoms with E-state index in [1.807, 2.05) is 12.1 Å². The maximum atomic E-state index is 9.76. The van der Waals surface area contributed by atoms with Gasteiger partial charge in [0, 0.05) is 30.4 Å². The normalized spacial score (nSPS) is 15.4. The van der Waals surface area contributed by atoms with E-state index in [1.54, 1.807) is 6.92 Å². The number of hydrogen-bond donors (Lipinski definition) is 1. The zero-order valence-electron chi connectivity index (χ0n) is 11.3. The van der Waals surface area contributed by atoms with Crippen LogP contribution in [0.3, 0.4) is 0 Å². The minimum absolute atomic E-state index is 0.452. The minimum atomic E-state index is -0.452. The van der Waals surface area contributed by atoms with Gasteiger partial charge in [-0.05, 0) is 44.6 Å². The lowest BCUT2D eigenvalue weighted by atomic mass is 9.98. The van der Waals surface area contributed by atoms with Crippen molar-refractivity contribution < 1.29 is 9.84 Å². The van der Waals surface area contributed by atoms with Gasteiger partial charge in [0.15, 0.2) is 0 Å². The first-order valence-corrected chi connectivity index (χ1v) is 6.57. The maximum absolute atomic E-state index is 9.76. The van der Waals surface area contributed by atoms with Crippen molar-refractivity contribution in [2.24, 2.45) is 0 Å². The molecule has 2 rings (SSSR count). The summed E-state index contributed by atoms with van der Waals surface area (Å²) >= 11 is 0. The van der Waals surface area contributed by atoms with Gasteiger partial charge in [0.1, 0.15) is 12.4 Å². The molecule has 0 aromatic heterocycles. The summed E-state index contributed by atoms with van der Waals surface area (Å²) in [5.41, 5.74) is 3.14. The van der Waals surface area contributed by atoms with Crippen LogP contribution >= 0.6 is 0 Å². The number of rotatable bonds is 4.